The van der Waals surface area contributed by atoms with Crippen molar-refractivity contribution < 1.29 is 0 Å². The highest BCUT2D eigenvalue weighted by atomic mass is 32.2. The minimum Gasteiger partial charge on any atom is -0.314 e. The summed E-state index contributed by atoms with van der Waals surface area (Å²) in [5.74, 6) is 0.909. The van der Waals surface area contributed by atoms with Crippen LogP contribution in [-0.4, -0.2) is 42.4 Å². The second-order valence-corrected chi connectivity index (χ2v) is 7.91. The van der Waals surface area contributed by atoms with Crippen LogP contribution < -0.4 is 5.32 Å². The van der Waals surface area contributed by atoms with Crippen molar-refractivity contribution in [2.24, 2.45) is 5.92 Å². The van der Waals surface area contributed by atoms with E-state index in [4.69, 9.17) is 0 Å². The zero-order valence-electron chi connectivity index (χ0n) is 12.1. The second-order valence-electron chi connectivity index (χ2n) is 6.56. The number of hydrogen-bond acceptors (Lipinski definition) is 3. The summed E-state index contributed by atoms with van der Waals surface area (Å²) in [6, 6.07) is 9.76. The van der Waals surface area contributed by atoms with Crippen molar-refractivity contribution in [1.82, 2.24) is 10.2 Å². The van der Waals surface area contributed by atoms with Crippen molar-refractivity contribution in [2.45, 2.75) is 41.9 Å². The molecule has 3 unspecified atom stereocenters. The Bertz CT molecular complexity index is 451. The van der Waals surface area contributed by atoms with E-state index >= 15 is 0 Å². The van der Waals surface area contributed by atoms with Crippen LogP contribution >= 0.6 is 11.8 Å². The van der Waals surface area contributed by atoms with E-state index in [2.05, 4.69) is 46.2 Å². The normalized spacial score (nSPS) is 33.7. The quantitative estimate of drug-likeness (QED) is 0.901. The Balaban J connectivity index is 1.35. The summed E-state index contributed by atoms with van der Waals surface area (Å²) < 4.78 is 0. The molecule has 0 aromatic heterocycles. The molecule has 3 atom stereocenters. The van der Waals surface area contributed by atoms with Gasteiger partial charge in [0.25, 0.3) is 0 Å². The highest BCUT2D eigenvalue weighted by Crippen LogP contribution is 2.37. The predicted molar refractivity (Wildman–Crippen MR) is 85.4 cm³/mol. The molecule has 4 rings (SSSR count). The van der Waals surface area contributed by atoms with Crippen LogP contribution in [0.3, 0.4) is 0 Å². The third-order valence-electron chi connectivity index (χ3n) is 5.15. The fraction of sp³-hybridized carbons (Fsp3) is 0.647. The van der Waals surface area contributed by atoms with E-state index in [1.165, 1.54) is 56.8 Å². The second kappa shape index (κ2) is 5.70. The average Bonchev–Trinajstić information content (AvgIpc) is 2.89. The maximum absolute atomic E-state index is 3.72. The van der Waals surface area contributed by atoms with E-state index < -0.39 is 0 Å². The smallest absolute Gasteiger partial charge is 0.0263 e. The Morgan fingerprint density at radius 3 is 3.15 bits per heavy atom. The third kappa shape index (κ3) is 2.63. The molecule has 0 saturated carbocycles. The maximum Gasteiger partial charge on any atom is 0.0263 e. The molecule has 0 amide bonds. The van der Waals surface area contributed by atoms with Crippen LogP contribution in [0.15, 0.2) is 29.2 Å². The topological polar surface area (TPSA) is 15.3 Å². The monoisotopic (exact) mass is 288 g/mol. The number of thioether (sulfide) groups is 1. The number of benzene rings is 1. The lowest BCUT2D eigenvalue weighted by Gasteiger charge is -2.42. The summed E-state index contributed by atoms with van der Waals surface area (Å²) >= 11 is 2.10. The van der Waals surface area contributed by atoms with Gasteiger partial charge in [0.15, 0.2) is 0 Å². The zero-order chi connectivity index (χ0) is 13.4. The Hall–Kier alpha value is -0.510. The van der Waals surface area contributed by atoms with E-state index in [0.717, 1.165) is 17.2 Å². The number of likely N-dealkylation sites (tertiary alicyclic amines) is 1. The molecule has 1 aromatic carbocycles. The van der Waals surface area contributed by atoms with Gasteiger partial charge in [-0.1, -0.05) is 18.2 Å². The first-order valence-electron chi connectivity index (χ1n) is 8.09. The zero-order valence-corrected chi connectivity index (χ0v) is 12.9. The van der Waals surface area contributed by atoms with Gasteiger partial charge in [0.2, 0.25) is 0 Å². The minimum atomic E-state index is 0.778. The van der Waals surface area contributed by atoms with E-state index in [1.807, 2.05) is 0 Å². The SMILES string of the molecule is c1ccc2c(c1)CC(CN1CCC3NCCCC3C1)S2. The molecule has 2 saturated heterocycles. The molecule has 3 aliphatic rings. The number of nitrogens with zero attached hydrogens (tertiary/aromatic N) is 1. The van der Waals surface area contributed by atoms with Gasteiger partial charge in [-0.25, -0.2) is 0 Å². The Morgan fingerprint density at radius 2 is 2.20 bits per heavy atom. The van der Waals surface area contributed by atoms with Crippen LogP contribution in [0, 0.1) is 5.92 Å². The van der Waals surface area contributed by atoms with Crippen molar-refractivity contribution >= 4 is 11.8 Å². The molecular formula is C17H24N2S. The Morgan fingerprint density at radius 1 is 1.25 bits per heavy atom. The van der Waals surface area contributed by atoms with Gasteiger partial charge >= 0.3 is 0 Å². The molecule has 3 heteroatoms. The number of rotatable bonds is 2. The first-order valence-corrected chi connectivity index (χ1v) is 8.97. The molecule has 0 radical (unpaired) electrons. The van der Waals surface area contributed by atoms with E-state index in [1.54, 1.807) is 5.56 Å². The van der Waals surface area contributed by atoms with Crippen molar-refractivity contribution in [3.8, 4) is 0 Å². The Kier molecular flexibility index (Phi) is 3.76. The summed E-state index contributed by atoms with van der Waals surface area (Å²) in [7, 11) is 0. The lowest BCUT2D eigenvalue weighted by atomic mass is 9.85. The van der Waals surface area contributed by atoms with Gasteiger partial charge in [0.1, 0.15) is 0 Å². The summed E-state index contributed by atoms with van der Waals surface area (Å²) in [5, 5.41) is 4.50. The highest BCUT2D eigenvalue weighted by Gasteiger charge is 2.32. The van der Waals surface area contributed by atoms with Gasteiger partial charge in [0, 0.05) is 29.3 Å². The van der Waals surface area contributed by atoms with Crippen LogP contribution in [0.2, 0.25) is 0 Å². The molecule has 1 aromatic rings. The van der Waals surface area contributed by atoms with Crippen molar-refractivity contribution in [1.29, 1.82) is 0 Å². The number of hydrogen-bond donors (Lipinski definition) is 1. The third-order valence-corrected chi connectivity index (χ3v) is 6.45. The average molecular weight is 288 g/mol. The first kappa shape index (κ1) is 13.2. The van der Waals surface area contributed by atoms with Gasteiger partial charge in [-0.2, -0.15) is 0 Å². The van der Waals surface area contributed by atoms with Gasteiger partial charge in [-0.05, 0) is 56.3 Å². The van der Waals surface area contributed by atoms with Crippen molar-refractivity contribution in [2.75, 3.05) is 26.2 Å². The molecule has 20 heavy (non-hydrogen) atoms. The lowest BCUT2D eigenvalue weighted by molar-refractivity contribution is 0.115. The lowest BCUT2D eigenvalue weighted by Crippen LogP contribution is -2.53. The minimum absolute atomic E-state index is 0.778. The van der Waals surface area contributed by atoms with Gasteiger partial charge in [-0.3, -0.25) is 0 Å². The van der Waals surface area contributed by atoms with E-state index in [-0.39, 0.29) is 0 Å². The van der Waals surface area contributed by atoms with Crippen LogP contribution in [0.25, 0.3) is 0 Å². The molecule has 0 bridgehead atoms. The highest BCUT2D eigenvalue weighted by molar-refractivity contribution is 8.00. The van der Waals surface area contributed by atoms with Crippen LogP contribution in [0.5, 0.6) is 0 Å². The number of piperidine rings is 2. The standard InChI is InChI=1S/C17H24N2S/c1-2-6-17-13(4-1)10-15(20-17)12-19-9-7-16-14(11-19)5-3-8-18-16/h1-2,4,6,14-16,18H,3,5,7-12H2. The molecule has 0 aliphatic carbocycles. The van der Waals surface area contributed by atoms with Crippen LogP contribution in [0.4, 0.5) is 0 Å². The van der Waals surface area contributed by atoms with Gasteiger partial charge in [0.05, 0.1) is 0 Å². The van der Waals surface area contributed by atoms with Crippen molar-refractivity contribution in [3.05, 3.63) is 29.8 Å². The fourth-order valence-corrected chi connectivity index (χ4v) is 5.50. The molecule has 2 nitrogen and oxygen atoms in total. The van der Waals surface area contributed by atoms with E-state index in [0.29, 0.717) is 0 Å². The summed E-state index contributed by atoms with van der Waals surface area (Å²) in [6.07, 6.45) is 5.43. The number of fused-ring (bicyclic) bond motifs is 2. The number of nitrogens with one attached hydrogen (secondary N) is 1. The first-order chi connectivity index (χ1) is 9.88. The molecule has 2 fully saturated rings. The fourth-order valence-electron chi connectivity index (χ4n) is 4.13. The van der Waals surface area contributed by atoms with Gasteiger partial charge < -0.3 is 10.2 Å². The van der Waals surface area contributed by atoms with Crippen molar-refractivity contribution in [3.63, 3.8) is 0 Å². The molecular weight excluding hydrogens is 264 g/mol. The van der Waals surface area contributed by atoms with Crippen LogP contribution in [-0.2, 0) is 6.42 Å². The Labute approximate surface area is 126 Å². The molecule has 1 N–H and O–H groups in total. The van der Waals surface area contributed by atoms with Crippen LogP contribution in [0.1, 0.15) is 24.8 Å². The summed E-state index contributed by atoms with van der Waals surface area (Å²) in [4.78, 5) is 4.25. The van der Waals surface area contributed by atoms with Gasteiger partial charge in [-0.15, -0.1) is 11.8 Å². The molecule has 3 aliphatic heterocycles. The molecule has 0 spiro atoms. The molecule has 108 valence electrons. The largest absolute Gasteiger partial charge is 0.314 e. The maximum atomic E-state index is 3.72. The van der Waals surface area contributed by atoms with E-state index in [9.17, 15) is 0 Å². The predicted octanol–water partition coefficient (Wildman–Crippen LogP) is 2.78. The summed E-state index contributed by atoms with van der Waals surface area (Å²) in [6.45, 7) is 5.14. The molecule has 3 heterocycles. The summed E-state index contributed by atoms with van der Waals surface area (Å²) in [5.41, 5.74) is 1.57.